The minimum atomic E-state index is 0.0286. The van der Waals surface area contributed by atoms with Crippen LogP contribution in [-0.4, -0.2) is 60.5 Å². The Balaban J connectivity index is 1.73. The molecule has 1 atom stereocenters. The second-order valence-corrected chi connectivity index (χ2v) is 7.78. The highest BCUT2D eigenvalue weighted by Crippen LogP contribution is 2.22. The summed E-state index contributed by atoms with van der Waals surface area (Å²) in [6.45, 7) is 6.73. The first-order valence-corrected chi connectivity index (χ1v) is 9.46. The lowest BCUT2D eigenvalue weighted by Gasteiger charge is -2.33. The number of likely N-dealkylation sites (N-methyl/N-ethyl adjacent to an activating group) is 1. The van der Waals surface area contributed by atoms with E-state index in [1.54, 1.807) is 11.3 Å². The van der Waals surface area contributed by atoms with Gasteiger partial charge in [0.05, 0.1) is 12.2 Å². The smallest absolute Gasteiger partial charge is 0.240 e. The Morgan fingerprint density at radius 1 is 1.48 bits per heavy atom. The molecule has 0 spiro atoms. The van der Waals surface area contributed by atoms with E-state index in [2.05, 4.69) is 41.0 Å². The maximum atomic E-state index is 12.2. The predicted molar refractivity (Wildman–Crippen MR) is 97.2 cm³/mol. The molecule has 2 rings (SSSR count). The highest BCUT2D eigenvalue weighted by atomic mass is 32.1. The number of aromatic nitrogens is 1. The standard InChI is InChI=1S/C17H30N4OS/c1-5-15-13(2)23-17(18-15)19-16(22)12-20(3)11-9-14-8-6-7-10-21(14)4/h14H,5-12H2,1-4H3,(H,18,19,22)/t14-/m0/s1. The maximum absolute atomic E-state index is 12.2. The molecule has 0 saturated carbocycles. The van der Waals surface area contributed by atoms with Crippen LogP contribution in [0.1, 0.15) is 43.2 Å². The number of rotatable bonds is 7. The molecule has 1 amide bonds. The van der Waals surface area contributed by atoms with Crippen LogP contribution in [0, 0.1) is 6.92 Å². The topological polar surface area (TPSA) is 48.5 Å². The van der Waals surface area contributed by atoms with Gasteiger partial charge < -0.3 is 10.2 Å². The van der Waals surface area contributed by atoms with E-state index in [1.165, 1.54) is 30.7 Å². The molecule has 1 aliphatic rings. The van der Waals surface area contributed by atoms with Gasteiger partial charge in [0.15, 0.2) is 5.13 Å². The zero-order valence-corrected chi connectivity index (χ0v) is 15.7. The summed E-state index contributed by atoms with van der Waals surface area (Å²) in [5.41, 5.74) is 1.08. The zero-order valence-electron chi connectivity index (χ0n) is 14.9. The average molecular weight is 339 g/mol. The van der Waals surface area contributed by atoms with Gasteiger partial charge in [0.25, 0.3) is 0 Å². The number of nitrogens with one attached hydrogen (secondary N) is 1. The first-order chi connectivity index (χ1) is 11.0. The van der Waals surface area contributed by atoms with Crippen molar-refractivity contribution in [3.8, 4) is 0 Å². The van der Waals surface area contributed by atoms with Crippen molar-refractivity contribution in [2.45, 2.75) is 52.0 Å². The molecule has 0 radical (unpaired) electrons. The molecule has 23 heavy (non-hydrogen) atoms. The largest absolute Gasteiger partial charge is 0.303 e. The third-order valence-electron chi connectivity index (χ3n) is 4.65. The summed E-state index contributed by atoms with van der Waals surface area (Å²) in [7, 11) is 4.24. The van der Waals surface area contributed by atoms with Gasteiger partial charge in [-0.3, -0.25) is 9.69 Å². The Labute approximate surface area is 144 Å². The molecule has 1 aromatic heterocycles. The number of carbonyl (C=O) groups excluding carboxylic acids is 1. The summed E-state index contributed by atoms with van der Waals surface area (Å²) in [5.74, 6) is 0.0286. The van der Waals surface area contributed by atoms with E-state index in [4.69, 9.17) is 0 Å². The number of hydrogen-bond acceptors (Lipinski definition) is 5. The zero-order chi connectivity index (χ0) is 16.8. The number of amides is 1. The third-order valence-corrected chi connectivity index (χ3v) is 5.58. The van der Waals surface area contributed by atoms with E-state index in [-0.39, 0.29) is 5.91 Å². The van der Waals surface area contributed by atoms with Crippen LogP contribution in [0.4, 0.5) is 5.13 Å². The van der Waals surface area contributed by atoms with Crippen LogP contribution in [0.3, 0.4) is 0 Å². The number of piperidine rings is 1. The molecule has 1 aliphatic heterocycles. The molecule has 0 unspecified atom stereocenters. The van der Waals surface area contributed by atoms with Crippen LogP contribution < -0.4 is 5.32 Å². The second kappa shape index (κ2) is 8.76. The van der Waals surface area contributed by atoms with Crippen LogP contribution >= 0.6 is 11.3 Å². The van der Waals surface area contributed by atoms with Crippen molar-refractivity contribution in [3.05, 3.63) is 10.6 Å². The van der Waals surface area contributed by atoms with Crippen LogP contribution in [0.2, 0.25) is 0 Å². The van der Waals surface area contributed by atoms with Crippen molar-refractivity contribution in [3.63, 3.8) is 0 Å². The Bertz CT molecular complexity index is 517. The first kappa shape index (κ1) is 18.4. The number of hydrogen-bond donors (Lipinski definition) is 1. The molecule has 0 aliphatic carbocycles. The quantitative estimate of drug-likeness (QED) is 0.830. The molecule has 1 N–H and O–H groups in total. The normalized spacial score (nSPS) is 19.3. The van der Waals surface area contributed by atoms with Gasteiger partial charge in [-0.1, -0.05) is 13.3 Å². The van der Waals surface area contributed by atoms with Gasteiger partial charge in [-0.25, -0.2) is 4.98 Å². The summed E-state index contributed by atoms with van der Waals surface area (Å²) < 4.78 is 0. The minimum Gasteiger partial charge on any atom is -0.303 e. The number of thiazole rings is 1. The summed E-state index contributed by atoms with van der Waals surface area (Å²) in [6.07, 6.45) is 5.99. The average Bonchev–Trinajstić information content (AvgIpc) is 2.85. The van der Waals surface area contributed by atoms with E-state index in [0.29, 0.717) is 12.6 Å². The Morgan fingerprint density at radius 2 is 2.26 bits per heavy atom. The molecule has 2 heterocycles. The van der Waals surface area contributed by atoms with Crippen molar-refractivity contribution in [1.82, 2.24) is 14.8 Å². The van der Waals surface area contributed by atoms with Gasteiger partial charge in [0, 0.05) is 10.9 Å². The molecule has 0 bridgehead atoms. The lowest BCUT2D eigenvalue weighted by atomic mass is 10.00. The summed E-state index contributed by atoms with van der Waals surface area (Å²) in [6, 6.07) is 0.669. The molecule has 1 aromatic rings. The molecule has 1 saturated heterocycles. The predicted octanol–water partition coefficient (Wildman–Crippen LogP) is 2.76. The SMILES string of the molecule is CCc1nc(NC(=O)CN(C)CC[C@@H]2CCCCN2C)sc1C. The van der Waals surface area contributed by atoms with Crippen LogP contribution in [0.25, 0.3) is 0 Å². The summed E-state index contributed by atoms with van der Waals surface area (Å²) in [5, 5.41) is 3.66. The summed E-state index contributed by atoms with van der Waals surface area (Å²) in [4.78, 5) is 22.4. The van der Waals surface area contributed by atoms with E-state index in [0.717, 1.165) is 30.2 Å². The fraction of sp³-hybridized carbons (Fsp3) is 0.765. The van der Waals surface area contributed by atoms with E-state index < -0.39 is 0 Å². The lowest BCUT2D eigenvalue weighted by molar-refractivity contribution is -0.117. The Hall–Kier alpha value is -0.980. The van der Waals surface area contributed by atoms with Gasteiger partial charge in [0.2, 0.25) is 5.91 Å². The molecule has 0 aromatic carbocycles. The van der Waals surface area contributed by atoms with Crippen molar-refractivity contribution >= 4 is 22.4 Å². The van der Waals surface area contributed by atoms with E-state index in [9.17, 15) is 4.79 Å². The van der Waals surface area contributed by atoms with Gasteiger partial charge in [-0.2, -0.15) is 0 Å². The fourth-order valence-electron chi connectivity index (χ4n) is 3.17. The number of likely N-dealkylation sites (tertiary alicyclic amines) is 1. The number of carbonyl (C=O) groups is 1. The molecular weight excluding hydrogens is 308 g/mol. The highest BCUT2D eigenvalue weighted by molar-refractivity contribution is 7.15. The van der Waals surface area contributed by atoms with Gasteiger partial charge in [-0.15, -0.1) is 11.3 Å². The first-order valence-electron chi connectivity index (χ1n) is 8.64. The molecule has 6 heteroatoms. The van der Waals surface area contributed by atoms with Crippen molar-refractivity contribution in [2.24, 2.45) is 0 Å². The minimum absolute atomic E-state index is 0.0286. The third kappa shape index (κ3) is 5.55. The molecule has 1 fully saturated rings. The van der Waals surface area contributed by atoms with Crippen LogP contribution in [0.5, 0.6) is 0 Å². The molecule has 5 nitrogen and oxygen atoms in total. The van der Waals surface area contributed by atoms with Gasteiger partial charge in [-0.05, 0) is 59.8 Å². The van der Waals surface area contributed by atoms with Crippen molar-refractivity contribution < 1.29 is 4.79 Å². The second-order valence-electron chi connectivity index (χ2n) is 6.58. The monoisotopic (exact) mass is 338 g/mol. The van der Waals surface area contributed by atoms with Crippen molar-refractivity contribution in [1.29, 1.82) is 0 Å². The lowest BCUT2D eigenvalue weighted by Crippen LogP contribution is -2.39. The van der Waals surface area contributed by atoms with Crippen LogP contribution in [0.15, 0.2) is 0 Å². The van der Waals surface area contributed by atoms with E-state index in [1.807, 2.05) is 7.05 Å². The van der Waals surface area contributed by atoms with E-state index >= 15 is 0 Å². The Kier molecular flexibility index (Phi) is 6.99. The number of nitrogens with zero attached hydrogens (tertiary/aromatic N) is 3. The van der Waals surface area contributed by atoms with Gasteiger partial charge >= 0.3 is 0 Å². The fourth-order valence-corrected chi connectivity index (χ4v) is 4.09. The number of anilines is 1. The highest BCUT2D eigenvalue weighted by Gasteiger charge is 2.19. The number of aryl methyl sites for hydroxylation is 2. The van der Waals surface area contributed by atoms with Crippen LogP contribution in [-0.2, 0) is 11.2 Å². The summed E-state index contributed by atoms with van der Waals surface area (Å²) >= 11 is 1.56. The molecule has 130 valence electrons. The maximum Gasteiger partial charge on any atom is 0.240 e. The molecular formula is C17H30N4OS. The van der Waals surface area contributed by atoms with Gasteiger partial charge in [0.1, 0.15) is 0 Å². The van der Waals surface area contributed by atoms with Crippen molar-refractivity contribution in [2.75, 3.05) is 39.0 Å². The Morgan fingerprint density at radius 3 is 2.91 bits per heavy atom.